The normalized spacial score (nSPS) is 11.4. The zero-order valence-electron chi connectivity index (χ0n) is 28.1. The molecule has 0 amide bonds. The Kier molecular flexibility index (Phi) is 7.68. The third-order valence-corrected chi connectivity index (χ3v) is 9.85. The Bertz CT molecular complexity index is 2580. The van der Waals surface area contributed by atoms with Crippen LogP contribution in [0.15, 0.2) is 188 Å². The summed E-state index contributed by atoms with van der Waals surface area (Å²) in [5.41, 5.74) is 8.20. The summed E-state index contributed by atoms with van der Waals surface area (Å²) in [6.45, 7) is 0. The lowest BCUT2D eigenvalue weighted by Crippen LogP contribution is -2.31. The zero-order valence-corrected chi connectivity index (χ0v) is 28.1. The van der Waals surface area contributed by atoms with Crippen molar-refractivity contribution < 1.29 is 0 Å². The standard InChI is InChI=1S/C47H31N5/c48-32-33-27-29-34(30-28-33)44-49-45(51-46(50-44)52-42-25-12-10-23-40(42)41-24-11-13-26-43(41)52)35-15-14-22-39(31-35)47(36-16-4-1-5-17-36,37-18-6-2-7-19-37)38-20-8-3-9-21-38/h1-31H. The van der Waals surface area contributed by atoms with Crippen molar-refractivity contribution in [2.45, 2.75) is 5.41 Å². The molecule has 0 aliphatic carbocycles. The van der Waals surface area contributed by atoms with Gasteiger partial charge < -0.3 is 0 Å². The van der Waals surface area contributed by atoms with Crippen LogP contribution in [0.5, 0.6) is 0 Å². The lowest BCUT2D eigenvalue weighted by atomic mass is 9.65. The van der Waals surface area contributed by atoms with Crippen LogP contribution < -0.4 is 0 Å². The van der Waals surface area contributed by atoms with E-state index < -0.39 is 5.41 Å². The number of hydrogen-bond donors (Lipinski definition) is 0. The second-order valence-electron chi connectivity index (χ2n) is 12.8. The minimum Gasteiger partial charge on any atom is -0.278 e. The summed E-state index contributed by atoms with van der Waals surface area (Å²) in [6, 6.07) is 67.0. The topological polar surface area (TPSA) is 67.4 Å². The molecule has 0 saturated heterocycles. The predicted octanol–water partition coefficient (Wildman–Crippen LogP) is 10.6. The highest BCUT2D eigenvalue weighted by Gasteiger charge is 2.38. The van der Waals surface area contributed by atoms with Gasteiger partial charge in [0.15, 0.2) is 11.6 Å². The number of benzene rings is 7. The summed E-state index contributed by atoms with van der Waals surface area (Å²) in [7, 11) is 0. The molecule has 244 valence electrons. The van der Waals surface area contributed by atoms with Crippen LogP contribution in [0.4, 0.5) is 0 Å². The summed E-state index contributed by atoms with van der Waals surface area (Å²) in [6.07, 6.45) is 0. The number of aromatic nitrogens is 4. The molecule has 0 bridgehead atoms. The van der Waals surface area contributed by atoms with Gasteiger partial charge >= 0.3 is 0 Å². The second-order valence-corrected chi connectivity index (χ2v) is 12.8. The third kappa shape index (κ3) is 5.14. The molecule has 2 aromatic heterocycles. The van der Waals surface area contributed by atoms with Crippen LogP contribution in [-0.2, 0) is 5.41 Å². The molecule has 5 nitrogen and oxygen atoms in total. The van der Waals surface area contributed by atoms with E-state index in [0.29, 0.717) is 23.2 Å². The smallest absolute Gasteiger partial charge is 0.238 e. The first-order chi connectivity index (χ1) is 25.7. The Morgan fingerprint density at radius 1 is 0.423 bits per heavy atom. The predicted molar refractivity (Wildman–Crippen MR) is 208 cm³/mol. The Labute approximate surface area is 301 Å². The number of fused-ring (bicyclic) bond motifs is 3. The number of para-hydroxylation sites is 2. The average molecular weight is 666 g/mol. The molecule has 0 atom stereocenters. The molecule has 0 aliphatic rings. The van der Waals surface area contributed by atoms with Gasteiger partial charge in [0.05, 0.1) is 28.1 Å². The highest BCUT2D eigenvalue weighted by atomic mass is 15.2. The summed E-state index contributed by atoms with van der Waals surface area (Å²) in [5, 5.41) is 11.8. The van der Waals surface area contributed by atoms with Crippen LogP contribution in [0.3, 0.4) is 0 Å². The van der Waals surface area contributed by atoms with Crippen molar-refractivity contribution in [1.29, 1.82) is 5.26 Å². The summed E-state index contributed by atoms with van der Waals surface area (Å²) < 4.78 is 2.12. The van der Waals surface area contributed by atoms with E-state index in [9.17, 15) is 5.26 Å². The molecule has 52 heavy (non-hydrogen) atoms. The van der Waals surface area contributed by atoms with Crippen molar-refractivity contribution >= 4 is 21.8 Å². The number of hydrogen-bond acceptors (Lipinski definition) is 4. The van der Waals surface area contributed by atoms with Gasteiger partial charge in [-0.05, 0) is 64.7 Å². The Morgan fingerprint density at radius 2 is 0.885 bits per heavy atom. The van der Waals surface area contributed by atoms with Crippen molar-refractivity contribution in [2.75, 3.05) is 0 Å². The maximum Gasteiger partial charge on any atom is 0.238 e. The quantitative estimate of drug-likeness (QED) is 0.159. The van der Waals surface area contributed by atoms with Crippen LogP contribution >= 0.6 is 0 Å². The maximum atomic E-state index is 9.51. The third-order valence-electron chi connectivity index (χ3n) is 9.85. The molecule has 9 rings (SSSR count). The van der Waals surface area contributed by atoms with E-state index in [2.05, 4.69) is 162 Å². The second kappa shape index (κ2) is 12.9. The van der Waals surface area contributed by atoms with Gasteiger partial charge in [0.1, 0.15) is 0 Å². The van der Waals surface area contributed by atoms with E-state index >= 15 is 0 Å². The van der Waals surface area contributed by atoms with Gasteiger partial charge in [-0.25, -0.2) is 4.98 Å². The molecular weight excluding hydrogens is 635 g/mol. The molecule has 0 N–H and O–H groups in total. The highest BCUT2D eigenvalue weighted by molar-refractivity contribution is 6.09. The van der Waals surface area contributed by atoms with Crippen molar-refractivity contribution in [3.8, 4) is 34.8 Å². The van der Waals surface area contributed by atoms with Gasteiger partial charge in [0.2, 0.25) is 5.95 Å². The van der Waals surface area contributed by atoms with Crippen molar-refractivity contribution in [2.24, 2.45) is 0 Å². The average Bonchev–Trinajstić information content (AvgIpc) is 3.57. The SMILES string of the molecule is N#Cc1ccc(-c2nc(-c3cccc(C(c4ccccc4)(c4ccccc4)c4ccccc4)c3)nc(-n3c4ccccc4c4ccccc43)n2)cc1. The van der Waals surface area contributed by atoms with Crippen LogP contribution in [0.25, 0.3) is 50.5 Å². The first-order valence-electron chi connectivity index (χ1n) is 17.3. The fourth-order valence-corrected chi connectivity index (χ4v) is 7.51. The summed E-state index contributed by atoms with van der Waals surface area (Å²) in [4.78, 5) is 15.5. The van der Waals surface area contributed by atoms with Gasteiger partial charge in [-0.3, -0.25) is 4.57 Å². The fourth-order valence-electron chi connectivity index (χ4n) is 7.51. The molecule has 5 heteroatoms. The molecule has 0 unspecified atom stereocenters. The molecule has 7 aromatic carbocycles. The van der Waals surface area contributed by atoms with Crippen molar-refractivity contribution in [3.05, 3.63) is 216 Å². The zero-order chi connectivity index (χ0) is 34.9. The summed E-state index contributed by atoms with van der Waals surface area (Å²) in [5.74, 6) is 1.60. The first kappa shape index (κ1) is 30.9. The minimum absolute atomic E-state index is 0.521. The van der Waals surface area contributed by atoms with Crippen LogP contribution in [-0.4, -0.2) is 19.5 Å². The molecule has 0 aliphatic heterocycles. The Hall–Kier alpha value is -7.16. The van der Waals surface area contributed by atoms with Gasteiger partial charge in [0.25, 0.3) is 0 Å². The van der Waals surface area contributed by atoms with Crippen LogP contribution in [0.2, 0.25) is 0 Å². The summed E-state index contributed by atoms with van der Waals surface area (Å²) >= 11 is 0. The van der Waals surface area contributed by atoms with E-state index in [1.54, 1.807) is 12.1 Å². The van der Waals surface area contributed by atoms with Crippen molar-refractivity contribution in [1.82, 2.24) is 19.5 Å². The van der Waals surface area contributed by atoms with E-state index in [-0.39, 0.29) is 0 Å². The fraction of sp³-hybridized carbons (Fsp3) is 0.0213. The van der Waals surface area contributed by atoms with E-state index in [0.717, 1.165) is 55.2 Å². The highest BCUT2D eigenvalue weighted by Crippen LogP contribution is 2.46. The number of nitriles is 1. The first-order valence-corrected chi connectivity index (χ1v) is 17.3. The maximum absolute atomic E-state index is 9.51. The molecule has 0 radical (unpaired) electrons. The molecule has 0 spiro atoms. The molecule has 0 fully saturated rings. The lowest BCUT2D eigenvalue weighted by Gasteiger charge is -2.37. The Balaban J connectivity index is 1.32. The van der Waals surface area contributed by atoms with Crippen molar-refractivity contribution in [3.63, 3.8) is 0 Å². The Morgan fingerprint density at radius 3 is 1.40 bits per heavy atom. The van der Waals surface area contributed by atoms with Crippen LogP contribution in [0, 0.1) is 11.3 Å². The van der Waals surface area contributed by atoms with E-state index in [1.807, 2.05) is 24.3 Å². The largest absolute Gasteiger partial charge is 0.278 e. The van der Waals surface area contributed by atoms with E-state index in [4.69, 9.17) is 15.0 Å². The molecule has 9 aromatic rings. The van der Waals surface area contributed by atoms with Gasteiger partial charge in [-0.15, -0.1) is 0 Å². The molecule has 2 heterocycles. The monoisotopic (exact) mass is 665 g/mol. The lowest BCUT2D eigenvalue weighted by molar-refractivity contribution is 0.745. The molecular formula is C47H31N5. The minimum atomic E-state index is -0.627. The van der Waals surface area contributed by atoms with Crippen LogP contribution in [0.1, 0.15) is 27.8 Å². The molecule has 0 saturated carbocycles. The van der Waals surface area contributed by atoms with E-state index in [1.165, 1.54) is 0 Å². The number of nitrogens with zero attached hydrogens (tertiary/aromatic N) is 5. The van der Waals surface area contributed by atoms with Gasteiger partial charge in [0, 0.05) is 21.9 Å². The van der Waals surface area contributed by atoms with Gasteiger partial charge in [-0.2, -0.15) is 15.2 Å². The number of rotatable bonds is 7. The van der Waals surface area contributed by atoms with Gasteiger partial charge in [-0.1, -0.05) is 146 Å².